The van der Waals surface area contributed by atoms with E-state index in [9.17, 15) is 18.0 Å². The number of carbonyl (C=O) groups is 2. The summed E-state index contributed by atoms with van der Waals surface area (Å²) in [6.07, 6.45) is 1.74. The Kier molecular flexibility index (Phi) is 11.2. The molecule has 0 aliphatic heterocycles. The van der Waals surface area contributed by atoms with Gasteiger partial charge in [-0.2, -0.15) is 0 Å². The van der Waals surface area contributed by atoms with Gasteiger partial charge in [0.25, 0.3) is 10.0 Å². The number of nitrogens with one attached hydrogen (secondary N) is 1. The molecule has 0 saturated heterocycles. The highest BCUT2D eigenvalue weighted by atomic mass is 79.9. The van der Waals surface area contributed by atoms with Crippen molar-refractivity contribution in [2.45, 2.75) is 51.1 Å². The quantitative estimate of drug-likeness (QED) is 0.259. The van der Waals surface area contributed by atoms with Crippen LogP contribution in [-0.2, 0) is 26.2 Å². The number of hydrogen-bond donors (Lipinski definition) is 1. The molecule has 0 bridgehead atoms. The average Bonchev–Trinajstić information content (AvgIpc) is 2.95. The zero-order chi connectivity index (χ0) is 29.3. The van der Waals surface area contributed by atoms with E-state index >= 15 is 0 Å². The summed E-state index contributed by atoms with van der Waals surface area (Å²) in [5, 5.41) is 2.89. The molecule has 0 unspecified atom stereocenters. The highest BCUT2D eigenvalue weighted by molar-refractivity contribution is 9.10. The van der Waals surface area contributed by atoms with Gasteiger partial charge in [0.05, 0.1) is 17.7 Å². The minimum absolute atomic E-state index is 0.0703. The number of hydrogen-bond acceptors (Lipinski definition) is 5. The fourth-order valence-electron chi connectivity index (χ4n) is 4.02. The van der Waals surface area contributed by atoms with Crippen LogP contribution >= 0.6 is 15.9 Å². The third kappa shape index (κ3) is 8.08. The maximum Gasteiger partial charge on any atom is 0.264 e. The van der Waals surface area contributed by atoms with Crippen molar-refractivity contribution in [1.82, 2.24) is 10.2 Å². The fourth-order valence-corrected chi connectivity index (χ4v) is 5.70. The molecule has 0 radical (unpaired) electrons. The predicted octanol–water partition coefficient (Wildman–Crippen LogP) is 5.30. The number of sulfonamides is 1. The molecule has 0 spiro atoms. The Hall–Kier alpha value is -3.37. The maximum atomic E-state index is 13.9. The van der Waals surface area contributed by atoms with Crippen LogP contribution in [0.3, 0.4) is 0 Å². The van der Waals surface area contributed by atoms with Crippen LogP contribution in [0, 0.1) is 6.92 Å². The minimum Gasteiger partial charge on any atom is -0.497 e. The second-order valence-electron chi connectivity index (χ2n) is 9.49. The zero-order valence-corrected chi connectivity index (χ0v) is 25.7. The van der Waals surface area contributed by atoms with Crippen LogP contribution in [-0.4, -0.2) is 51.4 Å². The van der Waals surface area contributed by atoms with Gasteiger partial charge in [0.1, 0.15) is 18.3 Å². The third-order valence-electron chi connectivity index (χ3n) is 6.51. The number of carbonyl (C=O) groups excluding carboxylic acids is 2. The van der Waals surface area contributed by atoms with Gasteiger partial charge in [-0.05, 0) is 74.4 Å². The number of rotatable bonds is 13. The van der Waals surface area contributed by atoms with Gasteiger partial charge in [0.15, 0.2) is 0 Å². The number of amides is 2. The summed E-state index contributed by atoms with van der Waals surface area (Å²) in [4.78, 5) is 28.5. The first kappa shape index (κ1) is 31.2. The van der Waals surface area contributed by atoms with E-state index in [0.717, 1.165) is 32.7 Å². The van der Waals surface area contributed by atoms with Crippen LogP contribution in [0.4, 0.5) is 5.69 Å². The number of unbranched alkanes of at least 4 members (excludes halogenated alkanes) is 1. The number of methoxy groups -OCH3 is 1. The molecule has 8 nitrogen and oxygen atoms in total. The molecule has 3 rings (SSSR count). The van der Waals surface area contributed by atoms with Crippen LogP contribution in [0.5, 0.6) is 5.75 Å². The smallest absolute Gasteiger partial charge is 0.264 e. The second-order valence-corrected chi connectivity index (χ2v) is 12.3. The van der Waals surface area contributed by atoms with Gasteiger partial charge < -0.3 is 15.0 Å². The molecule has 0 aromatic heterocycles. The fraction of sp³-hybridized carbons (Fsp3) is 0.333. The Morgan fingerprint density at radius 3 is 2.17 bits per heavy atom. The van der Waals surface area contributed by atoms with E-state index in [2.05, 4.69) is 21.2 Å². The normalized spacial score (nSPS) is 11.9. The van der Waals surface area contributed by atoms with Crippen molar-refractivity contribution >= 4 is 43.5 Å². The molecule has 214 valence electrons. The van der Waals surface area contributed by atoms with Crippen molar-refractivity contribution < 1.29 is 22.7 Å². The van der Waals surface area contributed by atoms with E-state index in [1.807, 2.05) is 26.0 Å². The summed E-state index contributed by atoms with van der Waals surface area (Å²) >= 11 is 3.38. The molecule has 0 fully saturated rings. The summed E-state index contributed by atoms with van der Waals surface area (Å²) in [7, 11) is -2.54. The van der Waals surface area contributed by atoms with E-state index in [0.29, 0.717) is 18.0 Å². The zero-order valence-electron chi connectivity index (χ0n) is 23.3. The number of aryl methyl sites for hydroxylation is 1. The molecular weight excluding hydrogens is 594 g/mol. The first-order valence-electron chi connectivity index (χ1n) is 13.1. The van der Waals surface area contributed by atoms with Crippen molar-refractivity contribution in [3.63, 3.8) is 0 Å². The standard InChI is InChI=1S/C30H36BrN3O5S/c1-5-6-19-32-30(36)23(3)33(20-24-9-15-27(39-4)16-10-24)29(35)21-34(26-13-11-25(31)12-14-26)40(37,38)28-17-7-22(2)8-18-28/h7-18,23H,5-6,19-21H2,1-4H3,(H,32,36)/t23-/m1/s1. The Morgan fingerprint density at radius 2 is 1.60 bits per heavy atom. The number of ether oxygens (including phenoxy) is 1. The second kappa shape index (κ2) is 14.3. The lowest BCUT2D eigenvalue weighted by Crippen LogP contribution is -2.51. The average molecular weight is 631 g/mol. The highest BCUT2D eigenvalue weighted by Crippen LogP contribution is 2.26. The van der Waals surface area contributed by atoms with Gasteiger partial charge in [-0.3, -0.25) is 13.9 Å². The summed E-state index contributed by atoms with van der Waals surface area (Å²) < 4.78 is 34.8. The van der Waals surface area contributed by atoms with Crippen molar-refractivity contribution in [1.29, 1.82) is 0 Å². The van der Waals surface area contributed by atoms with Crippen LogP contribution in [0.25, 0.3) is 0 Å². The molecule has 40 heavy (non-hydrogen) atoms. The summed E-state index contributed by atoms with van der Waals surface area (Å²) in [6, 6.07) is 19.6. The molecule has 10 heteroatoms. The molecule has 1 atom stereocenters. The SMILES string of the molecule is CCCCNC(=O)[C@@H](C)N(Cc1ccc(OC)cc1)C(=O)CN(c1ccc(Br)cc1)S(=O)(=O)c1ccc(C)cc1. The van der Waals surface area contributed by atoms with Crippen molar-refractivity contribution in [3.8, 4) is 5.75 Å². The monoisotopic (exact) mass is 629 g/mol. The molecule has 0 saturated carbocycles. The van der Waals surface area contributed by atoms with Gasteiger partial charge in [0, 0.05) is 17.6 Å². The molecule has 0 aliphatic carbocycles. The van der Waals surface area contributed by atoms with Crippen molar-refractivity contribution in [3.05, 3.63) is 88.4 Å². The Bertz CT molecular complexity index is 1380. The highest BCUT2D eigenvalue weighted by Gasteiger charge is 2.32. The lowest BCUT2D eigenvalue weighted by molar-refractivity contribution is -0.139. The molecule has 0 aliphatic rings. The lowest BCUT2D eigenvalue weighted by atomic mass is 10.1. The van der Waals surface area contributed by atoms with Gasteiger partial charge in [-0.15, -0.1) is 0 Å². The first-order chi connectivity index (χ1) is 19.1. The van der Waals surface area contributed by atoms with Gasteiger partial charge in [-0.1, -0.05) is 59.1 Å². The third-order valence-corrected chi connectivity index (χ3v) is 8.83. The van der Waals surface area contributed by atoms with E-state index in [4.69, 9.17) is 4.74 Å². The Balaban J connectivity index is 1.98. The van der Waals surface area contributed by atoms with Crippen LogP contribution < -0.4 is 14.4 Å². The topological polar surface area (TPSA) is 96.0 Å². The van der Waals surface area contributed by atoms with Crippen molar-refractivity contribution in [2.24, 2.45) is 0 Å². The Morgan fingerprint density at radius 1 is 0.975 bits per heavy atom. The maximum absolute atomic E-state index is 13.9. The molecular formula is C30H36BrN3O5S. The van der Waals surface area contributed by atoms with E-state index in [1.54, 1.807) is 62.6 Å². The Labute approximate surface area is 245 Å². The largest absolute Gasteiger partial charge is 0.497 e. The molecule has 3 aromatic rings. The van der Waals surface area contributed by atoms with Gasteiger partial charge >= 0.3 is 0 Å². The molecule has 3 aromatic carbocycles. The lowest BCUT2D eigenvalue weighted by Gasteiger charge is -2.32. The number of nitrogens with zero attached hydrogens (tertiary/aromatic N) is 2. The number of anilines is 1. The summed E-state index contributed by atoms with van der Waals surface area (Å²) in [5.41, 5.74) is 2.03. The number of halogens is 1. The van der Waals surface area contributed by atoms with Crippen LogP contribution in [0.2, 0.25) is 0 Å². The van der Waals surface area contributed by atoms with Crippen LogP contribution in [0.15, 0.2) is 82.2 Å². The van der Waals surface area contributed by atoms with Crippen LogP contribution in [0.1, 0.15) is 37.8 Å². The predicted molar refractivity (Wildman–Crippen MR) is 161 cm³/mol. The van der Waals surface area contributed by atoms with Gasteiger partial charge in [0.2, 0.25) is 11.8 Å². The molecule has 2 amide bonds. The van der Waals surface area contributed by atoms with E-state index in [1.165, 1.54) is 17.0 Å². The van der Waals surface area contributed by atoms with Crippen molar-refractivity contribution in [2.75, 3.05) is 24.5 Å². The first-order valence-corrected chi connectivity index (χ1v) is 15.3. The van der Waals surface area contributed by atoms with E-state index in [-0.39, 0.29) is 17.3 Å². The van der Waals surface area contributed by atoms with Gasteiger partial charge in [-0.25, -0.2) is 8.42 Å². The van der Waals surface area contributed by atoms with E-state index < -0.39 is 28.5 Å². The summed E-state index contributed by atoms with van der Waals surface area (Å²) in [6.45, 7) is 5.68. The minimum atomic E-state index is -4.10. The number of benzene rings is 3. The molecule has 1 N–H and O–H groups in total. The summed E-state index contributed by atoms with van der Waals surface area (Å²) in [5.74, 6) is -0.142. The molecule has 0 heterocycles.